The maximum atomic E-state index is 13.0. The molecule has 0 unspecified atom stereocenters. The summed E-state index contributed by atoms with van der Waals surface area (Å²) in [4.78, 5) is 4.16. The van der Waals surface area contributed by atoms with Crippen molar-refractivity contribution in [3.8, 4) is 5.75 Å². The summed E-state index contributed by atoms with van der Waals surface area (Å²) in [5, 5.41) is 4.38. The first-order chi connectivity index (χ1) is 8.50. The number of fused-ring (bicyclic) bond motifs is 1. The van der Waals surface area contributed by atoms with E-state index in [4.69, 9.17) is 4.74 Å². The van der Waals surface area contributed by atoms with Crippen molar-refractivity contribution in [2.75, 3.05) is 7.11 Å². The van der Waals surface area contributed by atoms with Crippen molar-refractivity contribution in [3.63, 3.8) is 0 Å². The molecule has 0 aliphatic heterocycles. The molecule has 0 atom stereocenters. The third-order valence-corrected chi connectivity index (χ3v) is 3.88. The van der Waals surface area contributed by atoms with Crippen LogP contribution in [0.3, 0.4) is 0 Å². The molecule has 1 saturated carbocycles. The standard InChI is InChI=1S/C11H10F2IN3O/c1-18-7-2-9-15-5-8(14)17(9)16-10(7)6-3-11(12,13)4-6/h2,5-6H,3-4H2,1H3. The fraction of sp³-hybridized carbons (Fsp3) is 0.455. The maximum Gasteiger partial charge on any atom is 0.249 e. The molecule has 7 heteroatoms. The zero-order chi connectivity index (χ0) is 12.9. The summed E-state index contributed by atoms with van der Waals surface area (Å²) in [6, 6.07) is 1.74. The number of alkyl halides is 2. The number of nitrogens with zero attached hydrogens (tertiary/aromatic N) is 3. The summed E-state index contributed by atoms with van der Waals surface area (Å²) < 4.78 is 33.6. The summed E-state index contributed by atoms with van der Waals surface area (Å²) in [6.45, 7) is 0. The Morgan fingerprint density at radius 2 is 2.22 bits per heavy atom. The van der Waals surface area contributed by atoms with Crippen molar-refractivity contribution in [3.05, 3.63) is 21.7 Å². The van der Waals surface area contributed by atoms with Crippen LogP contribution in [0.25, 0.3) is 5.65 Å². The molecule has 2 aromatic heterocycles. The quantitative estimate of drug-likeness (QED) is 0.769. The topological polar surface area (TPSA) is 39.4 Å². The monoisotopic (exact) mass is 365 g/mol. The SMILES string of the molecule is COc1cc2ncc(I)n2nc1C1CC(F)(F)C1. The lowest BCUT2D eigenvalue weighted by molar-refractivity contribution is -0.0881. The van der Waals surface area contributed by atoms with E-state index in [-0.39, 0.29) is 18.8 Å². The minimum atomic E-state index is -2.56. The van der Waals surface area contributed by atoms with Gasteiger partial charge in [-0.3, -0.25) is 0 Å². The Morgan fingerprint density at radius 3 is 2.83 bits per heavy atom. The Labute approximate surface area is 115 Å². The fourth-order valence-corrected chi connectivity index (χ4v) is 2.68. The average molecular weight is 365 g/mol. The third-order valence-electron chi connectivity index (χ3n) is 3.14. The van der Waals surface area contributed by atoms with Crippen LogP contribution < -0.4 is 4.74 Å². The molecule has 0 saturated heterocycles. The average Bonchev–Trinajstić information content (AvgIpc) is 2.66. The molecule has 18 heavy (non-hydrogen) atoms. The lowest BCUT2D eigenvalue weighted by atomic mass is 9.79. The van der Waals surface area contributed by atoms with Crippen LogP contribution in [0.1, 0.15) is 24.5 Å². The molecule has 0 N–H and O–H groups in total. The van der Waals surface area contributed by atoms with Gasteiger partial charge in [0, 0.05) is 24.8 Å². The van der Waals surface area contributed by atoms with Crippen molar-refractivity contribution in [1.29, 1.82) is 0 Å². The first-order valence-corrected chi connectivity index (χ1v) is 6.54. The zero-order valence-corrected chi connectivity index (χ0v) is 11.7. The van der Waals surface area contributed by atoms with Gasteiger partial charge in [0.15, 0.2) is 5.65 Å². The number of methoxy groups -OCH3 is 1. The Balaban J connectivity index is 2.06. The predicted octanol–water partition coefficient (Wildman–Crippen LogP) is 2.86. The first-order valence-electron chi connectivity index (χ1n) is 5.46. The number of imidazole rings is 1. The van der Waals surface area contributed by atoms with Crippen molar-refractivity contribution >= 4 is 28.2 Å². The van der Waals surface area contributed by atoms with Crippen LogP contribution in [0.5, 0.6) is 5.75 Å². The van der Waals surface area contributed by atoms with Gasteiger partial charge in [0.25, 0.3) is 0 Å². The highest BCUT2D eigenvalue weighted by molar-refractivity contribution is 14.1. The van der Waals surface area contributed by atoms with E-state index in [9.17, 15) is 8.78 Å². The van der Waals surface area contributed by atoms with Gasteiger partial charge in [-0.25, -0.2) is 18.3 Å². The van der Waals surface area contributed by atoms with Gasteiger partial charge in [0.2, 0.25) is 5.92 Å². The highest BCUT2D eigenvalue weighted by Crippen LogP contribution is 2.49. The smallest absolute Gasteiger partial charge is 0.249 e. The van der Waals surface area contributed by atoms with Crippen molar-refractivity contribution in [2.24, 2.45) is 0 Å². The molecule has 3 rings (SSSR count). The molecule has 96 valence electrons. The van der Waals surface area contributed by atoms with Gasteiger partial charge in [-0.15, -0.1) is 0 Å². The van der Waals surface area contributed by atoms with E-state index in [1.807, 2.05) is 0 Å². The van der Waals surface area contributed by atoms with Gasteiger partial charge in [0.1, 0.15) is 15.1 Å². The Hall–Kier alpha value is -0.990. The minimum Gasteiger partial charge on any atom is -0.495 e. The van der Waals surface area contributed by atoms with E-state index in [1.54, 1.807) is 16.8 Å². The van der Waals surface area contributed by atoms with Gasteiger partial charge in [-0.05, 0) is 22.6 Å². The third kappa shape index (κ3) is 1.84. The van der Waals surface area contributed by atoms with Gasteiger partial charge < -0.3 is 4.74 Å². The summed E-state index contributed by atoms with van der Waals surface area (Å²) in [6.07, 6.45) is 1.36. The first kappa shape index (κ1) is 12.1. The number of hydrogen-bond donors (Lipinski definition) is 0. The second-order valence-corrected chi connectivity index (χ2v) is 5.52. The maximum absolute atomic E-state index is 13.0. The summed E-state index contributed by atoms with van der Waals surface area (Å²) in [5.41, 5.74) is 1.25. The molecule has 2 heterocycles. The van der Waals surface area contributed by atoms with Gasteiger partial charge >= 0.3 is 0 Å². The summed E-state index contributed by atoms with van der Waals surface area (Å²) >= 11 is 2.10. The molecular formula is C11H10F2IN3O. The second kappa shape index (κ2) is 4.01. The van der Waals surface area contributed by atoms with Gasteiger partial charge in [0.05, 0.1) is 13.3 Å². The van der Waals surface area contributed by atoms with E-state index in [0.29, 0.717) is 17.1 Å². The molecule has 0 bridgehead atoms. The Kier molecular flexibility index (Phi) is 2.68. The van der Waals surface area contributed by atoms with E-state index >= 15 is 0 Å². The molecule has 1 fully saturated rings. The molecule has 1 aliphatic rings. The van der Waals surface area contributed by atoms with Crippen LogP contribution >= 0.6 is 22.6 Å². The van der Waals surface area contributed by atoms with Gasteiger partial charge in [-0.1, -0.05) is 0 Å². The Bertz CT molecular complexity index is 606. The molecule has 4 nitrogen and oxygen atoms in total. The van der Waals surface area contributed by atoms with Crippen LogP contribution in [-0.4, -0.2) is 27.6 Å². The highest BCUT2D eigenvalue weighted by atomic mass is 127. The van der Waals surface area contributed by atoms with E-state index < -0.39 is 5.92 Å². The largest absolute Gasteiger partial charge is 0.495 e. The molecule has 1 aliphatic carbocycles. The Morgan fingerprint density at radius 1 is 1.50 bits per heavy atom. The summed E-state index contributed by atoms with van der Waals surface area (Å²) in [7, 11) is 1.52. The predicted molar refractivity (Wildman–Crippen MR) is 69.2 cm³/mol. The van der Waals surface area contributed by atoms with E-state index in [1.165, 1.54) is 7.11 Å². The summed E-state index contributed by atoms with van der Waals surface area (Å²) in [5.74, 6) is -2.27. The number of aromatic nitrogens is 3. The van der Waals surface area contributed by atoms with Crippen LogP contribution in [0, 0.1) is 3.70 Å². The fourth-order valence-electron chi connectivity index (χ4n) is 2.18. The molecular weight excluding hydrogens is 355 g/mol. The van der Waals surface area contributed by atoms with Crippen LogP contribution in [0.15, 0.2) is 12.3 Å². The number of rotatable bonds is 2. The normalized spacial score (nSPS) is 18.9. The molecule has 0 spiro atoms. The molecule has 0 radical (unpaired) electrons. The van der Waals surface area contributed by atoms with Crippen LogP contribution in [0.2, 0.25) is 0 Å². The van der Waals surface area contributed by atoms with Crippen molar-refractivity contribution < 1.29 is 13.5 Å². The molecule has 0 aromatic carbocycles. The second-order valence-electron chi connectivity index (χ2n) is 4.41. The molecule has 2 aromatic rings. The highest BCUT2D eigenvalue weighted by Gasteiger charge is 2.47. The lowest BCUT2D eigenvalue weighted by Crippen LogP contribution is -2.34. The number of ether oxygens (including phenoxy) is 1. The number of halogens is 3. The minimum absolute atomic E-state index is 0.160. The van der Waals surface area contributed by atoms with E-state index in [0.717, 1.165) is 3.70 Å². The number of hydrogen-bond acceptors (Lipinski definition) is 3. The zero-order valence-electron chi connectivity index (χ0n) is 9.53. The van der Waals surface area contributed by atoms with Crippen molar-refractivity contribution in [2.45, 2.75) is 24.7 Å². The lowest BCUT2D eigenvalue weighted by Gasteiger charge is -2.34. The van der Waals surface area contributed by atoms with Crippen LogP contribution in [0.4, 0.5) is 8.78 Å². The van der Waals surface area contributed by atoms with Crippen molar-refractivity contribution in [1.82, 2.24) is 14.6 Å². The molecule has 0 amide bonds. The van der Waals surface area contributed by atoms with Gasteiger partial charge in [-0.2, -0.15) is 5.10 Å². The van der Waals surface area contributed by atoms with Crippen LogP contribution in [-0.2, 0) is 0 Å². The van der Waals surface area contributed by atoms with E-state index in [2.05, 4.69) is 32.7 Å².